The Hall–Kier alpha value is -4.76. The number of aryl methyl sites for hydroxylation is 1. The van der Waals surface area contributed by atoms with Crippen molar-refractivity contribution >= 4 is 33.1 Å². The van der Waals surface area contributed by atoms with Crippen molar-refractivity contribution in [2.45, 2.75) is 31.9 Å². The second-order valence-electron chi connectivity index (χ2n) is 10.7. The summed E-state index contributed by atoms with van der Waals surface area (Å²) in [6.07, 6.45) is -4.58. The highest BCUT2D eigenvalue weighted by Crippen LogP contribution is 2.50. The standard InChI is InChI=1S/C35H24F3NO2/c1-19-16-29-27(26-9-4-3-8-25(19)26)14-15-28-31(23-6-5-7-24(17-23)35(36,37)38)34(41)30(20(2)40)32(33(28)29)22-12-10-21(18-39)11-13-22/h3-17,30-32H,1-2H3. The van der Waals surface area contributed by atoms with Crippen LogP contribution in [0.2, 0.25) is 0 Å². The molecule has 0 aromatic heterocycles. The van der Waals surface area contributed by atoms with Gasteiger partial charge in [-0.25, -0.2) is 0 Å². The van der Waals surface area contributed by atoms with Gasteiger partial charge in [0.2, 0.25) is 0 Å². The third-order valence-corrected chi connectivity index (χ3v) is 8.25. The maximum atomic E-state index is 14.3. The number of rotatable bonds is 3. The Balaban J connectivity index is 1.73. The Morgan fingerprint density at radius 3 is 2.15 bits per heavy atom. The van der Waals surface area contributed by atoms with Crippen molar-refractivity contribution in [2.75, 3.05) is 0 Å². The lowest BCUT2D eigenvalue weighted by molar-refractivity contribution is -0.138. The predicted molar refractivity (Wildman–Crippen MR) is 152 cm³/mol. The number of benzene rings is 5. The van der Waals surface area contributed by atoms with Crippen molar-refractivity contribution in [3.63, 3.8) is 0 Å². The van der Waals surface area contributed by atoms with Crippen LogP contribution in [-0.4, -0.2) is 11.6 Å². The predicted octanol–water partition coefficient (Wildman–Crippen LogP) is 8.24. The van der Waals surface area contributed by atoms with E-state index in [-0.39, 0.29) is 11.3 Å². The van der Waals surface area contributed by atoms with Crippen LogP contribution in [0.15, 0.2) is 91.0 Å². The van der Waals surface area contributed by atoms with E-state index in [0.717, 1.165) is 44.8 Å². The summed E-state index contributed by atoms with van der Waals surface area (Å²) in [6.45, 7) is 3.36. The molecule has 0 N–H and O–H groups in total. The first-order valence-electron chi connectivity index (χ1n) is 13.3. The highest BCUT2D eigenvalue weighted by molar-refractivity contribution is 6.14. The van der Waals surface area contributed by atoms with Crippen LogP contribution in [0, 0.1) is 24.2 Å². The van der Waals surface area contributed by atoms with Gasteiger partial charge in [-0.3, -0.25) is 9.59 Å². The Kier molecular flexibility index (Phi) is 6.26. The summed E-state index contributed by atoms with van der Waals surface area (Å²) in [5.74, 6) is -3.63. The molecule has 0 bridgehead atoms. The van der Waals surface area contributed by atoms with E-state index < -0.39 is 35.3 Å². The van der Waals surface area contributed by atoms with Crippen molar-refractivity contribution in [3.05, 3.63) is 130 Å². The first-order valence-corrected chi connectivity index (χ1v) is 13.3. The number of Topliss-reactive ketones (excluding diaryl/α,β-unsaturated/α-hetero) is 2. The lowest BCUT2D eigenvalue weighted by Crippen LogP contribution is -2.39. The first kappa shape index (κ1) is 26.5. The Morgan fingerprint density at radius 1 is 0.805 bits per heavy atom. The minimum absolute atomic E-state index is 0.201. The number of hydrogen-bond acceptors (Lipinski definition) is 3. The van der Waals surface area contributed by atoms with Crippen LogP contribution in [0.1, 0.15) is 57.7 Å². The lowest BCUT2D eigenvalue weighted by atomic mass is 9.63. The van der Waals surface area contributed by atoms with Crippen LogP contribution in [-0.2, 0) is 15.8 Å². The molecule has 6 rings (SSSR count). The molecule has 5 aromatic rings. The Morgan fingerprint density at radius 2 is 1.49 bits per heavy atom. The molecule has 5 aromatic carbocycles. The number of nitrogens with zero attached hydrogens (tertiary/aromatic N) is 1. The maximum absolute atomic E-state index is 14.3. The summed E-state index contributed by atoms with van der Waals surface area (Å²) in [4.78, 5) is 27.6. The molecule has 3 atom stereocenters. The van der Waals surface area contributed by atoms with Crippen molar-refractivity contribution < 1.29 is 22.8 Å². The Labute approximate surface area is 234 Å². The fourth-order valence-electron chi connectivity index (χ4n) is 6.46. The lowest BCUT2D eigenvalue weighted by Gasteiger charge is -2.38. The third kappa shape index (κ3) is 4.29. The van der Waals surface area contributed by atoms with E-state index in [4.69, 9.17) is 0 Å². The van der Waals surface area contributed by atoms with Gasteiger partial charge in [0, 0.05) is 5.92 Å². The van der Waals surface area contributed by atoms with E-state index in [1.165, 1.54) is 19.1 Å². The highest BCUT2D eigenvalue weighted by atomic mass is 19.4. The molecule has 0 saturated carbocycles. The number of halogens is 3. The number of fused-ring (bicyclic) bond motifs is 5. The molecular weight excluding hydrogens is 523 g/mol. The van der Waals surface area contributed by atoms with Crippen LogP contribution < -0.4 is 0 Å². The SMILES string of the molecule is CC(=O)C1C(=O)C(c2cccc(C(F)(F)F)c2)c2ccc3c(cc(C)c4ccccc43)c2C1c1ccc(C#N)cc1. The van der Waals surface area contributed by atoms with Gasteiger partial charge in [0.1, 0.15) is 5.78 Å². The molecular formula is C35H24F3NO2. The summed E-state index contributed by atoms with van der Waals surface area (Å²) in [5.41, 5.74) is 2.84. The number of hydrogen-bond donors (Lipinski definition) is 0. The van der Waals surface area contributed by atoms with Gasteiger partial charge in [-0.2, -0.15) is 18.4 Å². The molecule has 3 nitrogen and oxygen atoms in total. The van der Waals surface area contributed by atoms with Crippen molar-refractivity contribution in [2.24, 2.45) is 5.92 Å². The number of carbonyl (C=O) groups is 2. The topological polar surface area (TPSA) is 57.9 Å². The number of ketones is 2. The maximum Gasteiger partial charge on any atom is 0.416 e. The molecule has 0 spiro atoms. The summed E-state index contributed by atoms with van der Waals surface area (Å²) >= 11 is 0. The zero-order chi connectivity index (χ0) is 29.1. The molecule has 3 unspecified atom stereocenters. The van der Waals surface area contributed by atoms with Crippen LogP contribution in [0.5, 0.6) is 0 Å². The van der Waals surface area contributed by atoms with Crippen LogP contribution in [0.25, 0.3) is 21.5 Å². The molecule has 202 valence electrons. The van der Waals surface area contributed by atoms with Crippen molar-refractivity contribution in [3.8, 4) is 6.07 Å². The second kappa shape index (κ2) is 9.71. The second-order valence-corrected chi connectivity index (χ2v) is 10.7. The summed E-state index contributed by atoms with van der Waals surface area (Å²) < 4.78 is 41.2. The van der Waals surface area contributed by atoms with Crippen molar-refractivity contribution in [1.82, 2.24) is 0 Å². The average molecular weight is 548 g/mol. The van der Waals surface area contributed by atoms with Gasteiger partial charge >= 0.3 is 6.18 Å². The number of alkyl halides is 3. The fraction of sp³-hybridized carbons (Fsp3) is 0.171. The van der Waals surface area contributed by atoms with E-state index in [9.17, 15) is 28.0 Å². The van der Waals surface area contributed by atoms with Gasteiger partial charge in [-0.1, -0.05) is 72.8 Å². The summed E-state index contributed by atoms with van der Waals surface area (Å²) in [6, 6.07) is 27.5. The van der Waals surface area contributed by atoms with E-state index in [1.54, 1.807) is 24.3 Å². The molecule has 0 heterocycles. The zero-order valence-electron chi connectivity index (χ0n) is 22.3. The van der Waals surface area contributed by atoms with Gasteiger partial charge in [0.05, 0.1) is 29.0 Å². The fourth-order valence-corrected chi connectivity index (χ4v) is 6.46. The molecule has 1 aliphatic carbocycles. The zero-order valence-corrected chi connectivity index (χ0v) is 22.3. The summed E-state index contributed by atoms with van der Waals surface area (Å²) in [7, 11) is 0. The monoisotopic (exact) mass is 547 g/mol. The molecule has 1 aliphatic rings. The molecule has 0 amide bonds. The van der Waals surface area contributed by atoms with Crippen LogP contribution in [0.3, 0.4) is 0 Å². The first-order chi connectivity index (χ1) is 19.6. The van der Waals surface area contributed by atoms with E-state index in [1.807, 2.05) is 49.4 Å². The number of nitriles is 1. The van der Waals surface area contributed by atoms with Crippen LogP contribution in [0.4, 0.5) is 13.2 Å². The van der Waals surface area contributed by atoms with Gasteiger partial charge in [-0.15, -0.1) is 0 Å². The third-order valence-electron chi connectivity index (χ3n) is 8.25. The van der Waals surface area contributed by atoms with Gasteiger partial charge in [-0.05, 0) is 81.4 Å². The minimum atomic E-state index is -4.58. The highest BCUT2D eigenvalue weighted by Gasteiger charge is 2.46. The van der Waals surface area contributed by atoms with Gasteiger partial charge in [0.25, 0.3) is 0 Å². The minimum Gasteiger partial charge on any atom is -0.299 e. The van der Waals surface area contributed by atoms with E-state index >= 15 is 0 Å². The largest absolute Gasteiger partial charge is 0.416 e. The Bertz CT molecular complexity index is 1920. The molecule has 0 radical (unpaired) electrons. The van der Waals surface area contributed by atoms with Gasteiger partial charge < -0.3 is 0 Å². The van der Waals surface area contributed by atoms with Crippen LogP contribution >= 0.6 is 0 Å². The number of carbonyl (C=O) groups excluding carboxylic acids is 2. The smallest absolute Gasteiger partial charge is 0.299 e. The normalized spacial score (nSPS) is 18.7. The molecule has 6 heteroatoms. The molecule has 0 aliphatic heterocycles. The molecule has 0 saturated heterocycles. The molecule has 0 fully saturated rings. The quantitative estimate of drug-likeness (QED) is 0.169. The van der Waals surface area contributed by atoms with E-state index in [0.29, 0.717) is 16.7 Å². The average Bonchev–Trinajstić information content (AvgIpc) is 2.96. The van der Waals surface area contributed by atoms with E-state index in [2.05, 4.69) is 6.07 Å². The van der Waals surface area contributed by atoms with Crippen molar-refractivity contribution in [1.29, 1.82) is 5.26 Å². The molecule has 41 heavy (non-hydrogen) atoms. The summed E-state index contributed by atoms with van der Waals surface area (Å²) in [5, 5.41) is 13.2. The van der Waals surface area contributed by atoms with Gasteiger partial charge in [0.15, 0.2) is 5.78 Å².